The number of carbonyl (C=O) groups is 1. The summed E-state index contributed by atoms with van der Waals surface area (Å²) in [7, 11) is -3.47. The molecular weight excluding hydrogens is 374 g/mol. The fourth-order valence-electron chi connectivity index (χ4n) is 4.13. The highest BCUT2D eigenvalue weighted by Gasteiger charge is 2.33. The molecule has 8 heteroatoms. The summed E-state index contributed by atoms with van der Waals surface area (Å²) in [6.45, 7) is 3.37. The Morgan fingerprint density at radius 2 is 1.81 bits per heavy atom. The molecule has 0 radical (unpaired) electrons. The Morgan fingerprint density at radius 3 is 2.50 bits per heavy atom. The van der Waals surface area contributed by atoms with E-state index >= 15 is 0 Å². The summed E-state index contributed by atoms with van der Waals surface area (Å²) in [5.74, 6) is 0.222. The first-order valence-electron chi connectivity index (χ1n) is 9.17. The third kappa shape index (κ3) is 3.63. The fraction of sp³-hybridized carbons (Fsp3) is 0.611. The number of piperazine rings is 1. The molecule has 0 saturated carbocycles. The highest BCUT2D eigenvalue weighted by molar-refractivity contribution is 7.89. The van der Waals surface area contributed by atoms with Gasteiger partial charge in [0.1, 0.15) is 0 Å². The predicted molar refractivity (Wildman–Crippen MR) is 102 cm³/mol. The normalized spacial score (nSPS) is 23.5. The molecular formula is C18H26ClN3O3S. The second-order valence-electron chi connectivity index (χ2n) is 7.20. The zero-order chi connectivity index (χ0) is 17.4. The molecule has 144 valence electrons. The average Bonchev–Trinajstić information content (AvgIpc) is 3.32. The third-order valence-electron chi connectivity index (χ3n) is 5.67. The Balaban J connectivity index is 0.00000196. The van der Waals surface area contributed by atoms with E-state index in [1.807, 2.05) is 17.0 Å². The number of nitrogens with one attached hydrogen (secondary N) is 1. The van der Waals surface area contributed by atoms with Gasteiger partial charge >= 0.3 is 0 Å². The molecule has 3 aliphatic rings. The van der Waals surface area contributed by atoms with E-state index in [9.17, 15) is 13.2 Å². The molecule has 1 amide bonds. The van der Waals surface area contributed by atoms with Crippen LogP contribution in [0, 0.1) is 5.92 Å². The van der Waals surface area contributed by atoms with Crippen LogP contribution in [0.15, 0.2) is 23.1 Å². The van der Waals surface area contributed by atoms with Gasteiger partial charge in [0, 0.05) is 32.7 Å². The molecule has 1 aromatic carbocycles. The standard InChI is InChI=1S/C18H25N3O3S.ClH/c22-18(16-6-7-19-13-16)20-8-10-21(11-9-20)25(23,24)17-5-4-14-2-1-3-15(14)12-17;/h4-5,12,16,19H,1-3,6-11,13H2;1H. The van der Waals surface area contributed by atoms with Crippen molar-refractivity contribution in [1.82, 2.24) is 14.5 Å². The van der Waals surface area contributed by atoms with Gasteiger partial charge in [-0.1, -0.05) is 6.07 Å². The Labute approximate surface area is 161 Å². The monoisotopic (exact) mass is 399 g/mol. The number of aryl methyl sites for hydroxylation is 2. The molecule has 0 bridgehead atoms. The molecule has 0 aromatic heterocycles. The molecule has 6 nitrogen and oxygen atoms in total. The van der Waals surface area contributed by atoms with Crippen molar-refractivity contribution >= 4 is 28.3 Å². The van der Waals surface area contributed by atoms with E-state index in [2.05, 4.69) is 5.32 Å². The summed E-state index contributed by atoms with van der Waals surface area (Å²) in [6.07, 6.45) is 4.00. The largest absolute Gasteiger partial charge is 0.340 e. The van der Waals surface area contributed by atoms with Gasteiger partial charge in [-0.15, -0.1) is 12.4 Å². The summed E-state index contributed by atoms with van der Waals surface area (Å²) >= 11 is 0. The molecule has 1 N–H and O–H groups in total. The second-order valence-corrected chi connectivity index (χ2v) is 9.14. The molecule has 1 aromatic rings. The van der Waals surface area contributed by atoms with Gasteiger partial charge in [-0.25, -0.2) is 8.42 Å². The maximum absolute atomic E-state index is 12.9. The first-order chi connectivity index (χ1) is 12.1. The van der Waals surface area contributed by atoms with E-state index in [1.54, 1.807) is 6.07 Å². The van der Waals surface area contributed by atoms with Crippen LogP contribution in [0.3, 0.4) is 0 Å². The number of hydrogen-bond acceptors (Lipinski definition) is 4. The highest BCUT2D eigenvalue weighted by Crippen LogP contribution is 2.27. The molecule has 1 unspecified atom stereocenters. The van der Waals surface area contributed by atoms with Gasteiger partial charge in [-0.3, -0.25) is 4.79 Å². The van der Waals surface area contributed by atoms with E-state index < -0.39 is 10.0 Å². The number of sulfonamides is 1. The van der Waals surface area contributed by atoms with Gasteiger partial charge in [0.15, 0.2) is 0 Å². The summed E-state index contributed by atoms with van der Waals surface area (Å²) < 4.78 is 27.4. The first-order valence-corrected chi connectivity index (χ1v) is 10.6. The lowest BCUT2D eigenvalue weighted by Crippen LogP contribution is -2.52. The Hall–Kier alpha value is -1.15. The topological polar surface area (TPSA) is 69.7 Å². The average molecular weight is 400 g/mol. The SMILES string of the molecule is Cl.O=C(C1CCNC1)N1CCN(S(=O)(=O)c2ccc3c(c2)CCC3)CC1. The van der Waals surface area contributed by atoms with Crippen LogP contribution in [0.4, 0.5) is 0 Å². The van der Waals surface area contributed by atoms with Gasteiger partial charge in [0.2, 0.25) is 15.9 Å². The molecule has 4 rings (SSSR count). The predicted octanol–water partition coefficient (Wildman–Crippen LogP) is 1.04. The zero-order valence-electron chi connectivity index (χ0n) is 14.8. The summed E-state index contributed by atoms with van der Waals surface area (Å²) in [5, 5.41) is 3.21. The number of nitrogens with zero attached hydrogens (tertiary/aromatic N) is 2. The first kappa shape index (κ1) is 19.6. The van der Waals surface area contributed by atoms with Crippen molar-refractivity contribution in [2.75, 3.05) is 39.3 Å². The molecule has 0 spiro atoms. The Bertz CT molecular complexity index is 770. The summed E-state index contributed by atoms with van der Waals surface area (Å²) in [6, 6.07) is 5.54. The van der Waals surface area contributed by atoms with E-state index in [-0.39, 0.29) is 24.2 Å². The lowest BCUT2D eigenvalue weighted by atomic mass is 10.1. The van der Waals surface area contributed by atoms with Crippen LogP contribution >= 0.6 is 12.4 Å². The summed E-state index contributed by atoms with van der Waals surface area (Å²) in [4.78, 5) is 14.7. The van der Waals surface area contributed by atoms with E-state index in [1.165, 1.54) is 15.4 Å². The molecule has 2 aliphatic heterocycles. The number of carbonyl (C=O) groups excluding carboxylic acids is 1. The van der Waals surface area contributed by atoms with Crippen molar-refractivity contribution in [2.45, 2.75) is 30.6 Å². The quantitative estimate of drug-likeness (QED) is 0.824. The molecule has 2 fully saturated rings. The number of amides is 1. The maximum atomic E-state index is 12.9. The van der Waals surface area contributed by atoms with Gasteiger partial charge in [0.05, 0.1) is 10.8 Å². The van der Waals surface area contributed by atoms with Gasteiger partial charge < -0.3 is 10.2 Å². The van der Waals surface area contributed by atoms with Crippen molar-refractivity contribution in [1.29, 1.82) is 0 Å². The minimum absolute atomic E-state index is 0. The molecule has 1 aliphatic carbocycles. The number of hydrogen-bond donors (Lipinski definition) is 1. The van der Waals surface area contributed by atoms with Gasteiger partial charge in [-0.05, 0) is 55.5 Å². The minimum atomic E-state index is -3.47. The van der Waals surface area contributed by atoms with Crippen LogP contribution < -0.4 is 5.32 Å². The number of benzene rings is 1. The van der Waals surface area contributed by atoms with Crippen molar-refractivity contribution in [3.63, 3.8) is 0 Å². The van der Waals surface area contributed by atoms with E-state index in [0.717, 1.165) is 38.8 Å². The van der Waals surface area contributed by atoms with E-state index in [0.29, 0.717) is 31.1 Å². The molecule has 26 heavy (non-hydrogen) atoms. The molecule has 1 atom stereocenters. The van der Waals surface area contributed by atoms with Gasteiger partial charge in [0.25, 0.3) is 0 Å². The van der Waals surface area contributed by atoms with Crippen LogP contribution in [0.1, 0.15) is 24.0 Å². The molecule has 2 heterocycles. The Kier molecular flexibility index (Phi) is 5.91. The number of rotatable bonds is 3. The van der Waals surface area contributed by atoms with Crippen LogP contribution in [0.2, 0.25) is 0 Å². The van der Waals surface area contributed by atoms with Crippen LogP contribution in [-0.2, 0) is 27.7 Å². The smallest absolute Gasteiger partial charge is 0.243 e. The lowest BCUT2D eigenvalue weighted by Gasteiger charge is -2.35. The Morgan fingerprint density at radius 1 is 1.08 bits per heavy atom. The molecule has 2 saturated heterocycles. The number of halogens is 1. The third-order valence-corrected chi connectivity index (χ3v) is 7.56. The fourth-order valence-corrected chi connectivity index (χ4v) is 5.60. The van der Waals surface area contributed by atoms with E-state index in [4.69, 9.17) is 0 Å². The maximum Gasteiger partial charge on any atom is 0.243 e. The minimum Gasteiger partial charge on any atom is -0.340 e. The van der Waals surface area contributed by atoms with Crippen molar-refractivity contribution in [3.05, 3.63) is 29.3 Å². The second kappa shape index (κ2) is 7.84. The van der Waals surface area contributed by atoms with Crippen LogP contribution in [-0.4, -0.2) is 62.8 Å². The summed E-state index contributed by atoms with van der Waals surface area (Å²) in [5.41, 5.74) is 2.45. The number of fused-ring (bicyclic) bond motifs is 1. The van der Waals surface area contributed by atoms with Crippen molar-refractivity contribution < 1.29 is 13.2 Å². The van der Waals surface area contributed by atoms with Crippen LogP contribution in [0.25, 0.3) is 0 Å². The van der Waals surface area contributed by atoms with Crippen molar-refractivity contribution in [2.24, 2.45) is 5.92 Å². The van der Waals surface area contributed by atoms with Gasteiger partial charge in [-0.2, -0.15) is 4.31 Å². The lowest BCUT2D eigenvalue weighted by molar-refractivity contribution is -0.136. The van der Waals surface area contributed by atoms with Crippen LogP contribution in [0.5, 0.6) is 0 Å². The zero-order valence-corrected chi connectivity index (χ0v) is 16.4. The van der Waals surface area contributed by atoms with Crippen molar-refractivity contribution in [3.8, 4) is 0 Å². The highest BCUT2D eigenvalue weighted by atomic mass is 35.5.